The summed E-state index contributed by atoms with van der Waals surface area (Å²) in [6.45, 7) is 6.27. The van der Waals surface area contributed by atoms with Gasteiger partial charge in [-0.25, -0.2) is 0 Å². The van der Waals surface area contributed by atoms with Gasteiger partial charge in [0.25, 0.3) is 0 Å². The predicted octanol–water partition coefficient (Wildman–Crippen LogP) is 5.08. The Balaban J connectivity index is 1.69. The summed E-state index contributed by atoms with van der Waals surface area (Å²) in [6, 6.07) is 19.3. The van der Waals surface area contributed by atoms with E-state index in [2.05, 4.69) is 62.4 Å². The number of benzene rings is 2. The van der Waals surface area contributed by atoms with Gasteiger partial charge in [0.1, 0.15) is 0 Å². The SMILES string of the molecule is C[C@@H]1CC[C@@H](C)P1c1ccccc1COCc1ccccc1. The Morgan fingerprint density at radius 3 is 2.23 bits per heavy atom. The molecule has 0 radical (unpaired) electrons. The smallest absolute Gasteiger partial charge is 0.0727 e. The first-order chi connectivity index (χ1) is 10.8. The van der Waals surface area contributed by atoms with Crippen molar-refractivity contribution in [1.82, 2.24) is 0 Å². The van der Waals surface area contributed by atoms with Gasteiger partial charge in [-0.2, -0.15) is 0 Å². The molecule has 1 saturated heterocycles. The van der Waals surface area contributed by atoms with Crippen molar-refractivity contribution in [2.45, 2.75) is 51.2 Å². The molecule has 2 heteroatoms. The number of hydrogen-bond donors (Lipinski definition) is 0. The first-order valence-electron chi connectivity index (χ1n) is 8.23. The molecule has 1 nitrogen and oxygen atoms in total. The second kappa shape index (κ2) is 7.40. The molecule has 1 fully saturated rings. The van der Waals surface area contributed by atoms with E-state index < -0.39 is 0 Å². The molecule has 1 heterocycles. The van der Waals surface area contributed by atoms with Crippen molar-refractivity contribution in [1.29, 1.82) is 0 Å². The van der Waals surface area contributed by atoms with Gasteiger partial charge in [0.2, 0.25) is 0 Å². The van der Waals surface area contributed by atoms with E-state index in [0.29, 0.717) is 6.61 Å². The molecule has 2 aromatic carbocycles. The fraction of sp³-hybridized carbons (Fsp3) is 0.400. The van der Waals surface area contributed by atoms with Crippen LogP contribution in [0.15, 0.2) is 54.6 Å². The lowest BCUT2D eigenvalue weighted by atomic mass is 10.2. The standard InChI is InChI=1S/C20H25OP/c1-16-12-13-17(2)22(16)20-11-7-6-10-19(20)15-21-14-18-8-4-3-5-9-18/h3-11,16-17H,12-15H2,1-2H3/t16-,17-/m1/s1. The van der Waals surface area contributed by atoms with E-state index in [1.807, 2.05) is 6.07 Å². The van der Waals surface area contributed by atoms with Crippen LogP contribution in [0.4, 0.5) is 0 Å². The lowest BCUT2D eigenvalue weighted by Gasteiger charge is -2.24. The summed E-state index contributed by atoms with van der Waals surface area (Å²) in [5.74, 6) is 0. The highest BCUT2D eigenvalue weighted by Gasteiger charge is 2.32. The van der Waals surface area contributed by atoms with E-state index in [1.165, 1.54) is 24.0 Å². The van der Waals surface area contributed by atoms with Crippen molar-refractivity contribution in [3.8, 4) is 0 Å². The lowest BCUT2D eigenvalue weighted by Crippen LogP contribution is -2.16. The van der Waals surface area contributed by atoms with Crippen molar-refractivity contribution in [2.24, 2.45) is 0 Å². The zero-order chi connectivity index (χ0) is 15.4. The van der Waals surface area contributed by atoms with E-state index in [-0.39, 0.29) is 7.92 Å². The van der Waals surface area contributed by atoms with E-state index >= 15 is 0 Å². The molecular formula is C20H25OP. The number of hydrogen-bond acceptors (Lipinski definition) is 1. The predicted molar refractivity (Wildman–Crippen MR) is 96.1 cm³/mol. The van der Waals surface area contributed by atoms with Gasteiger partial charge in [-0.3, -0.25) is 0 Å². The van der Waals surface area contributed by atoms with Crippen LogP contribution in [0.25, 0.3) is 0 Å². The molecule has 116 valence electrons. The molecule has 0 amide bonds. The van der Waals surface area contributed by atoms with Gasteiger partial charge in [-0.1, -0.05) is 76.4 Å². The Bertz CT molecular complexity index is 586. The second-order valence-electron chi connectivity index (χ2n) is 6.29. The van der Waals surface area contributed by atoms with E-state index in [1.54, 1.807) is 5.30 Å². The molecule has 1 aliphatic heterocycles. The Labute approximate surface area is 135 Å². The fourth-order valence-corrected chi connectivity index (χ4v) is 6.81. The van der Waals surface area contributed by atoms with Crippen molar-refractivity contribution in [3.63, 3.8) is 0 Å². The third-order valence-electron chi connectivity index (χ3n) is 4.59. The third-order valence-corrected chi connectivity index (χ3v) is 8.00. The molecule has 2 aromatic rings. The fourth-order valence-electron chi connectivity index (χ4n) is 3.41. The molecule has 0 spiro atoms. The highest BCUT2D eigenvalue weighted by Crippen LogP contribution is 2.54. The Hall–Kier alpha value is -1.17. The number of ether oxygens (including phenoxy) is 1. The first kappa shape index (κ1) is 15.7. The van der Waals surface area contributed by atoms with Crippen LogP contribution in [0.3, 0.4) is 0 Å². The zero-order valence-corrected chi connectivity index (χ0v) is 14.4. The minimum absolute atomic E-state index is 0.0343. The summed E-state index contributed by atoms with van der Waals surface area (Å²) >= 11 is 0. The Morgan fingerprint density at radius 2 is 1.50 bits per heavy atom. The maximum Gasteiger partial charge on any atom is 0.0727 e. The summed E-state index contributed by atoms with van der Waals surface area (Å²) in [5.41, 5.74) is 4.33. The minimum atomic E-state index is -0.0343. The average Bonchev–Trinajstić information content (AvgIpc) is 2.88. The molecule has 22 heavy (non-hydrogen) atoms. The maximum absolute atomic E-state index is 5.99. The normalized spacial score (nSPS) is 22.1. The summed E-state index contributed by atoms with van der Waals surface area (Å²) in [6.07, 6.45) is 2.76. The van der Waals surface area contributed by atoms with E-state index in [9.17, 15) is 0 Å². The van der Waals surface area contributed by atoms with Crippen LogP contribution in [-0.2, 0) is 18.0 Å². The summed E-state index contributed by atoms with van der Waals surface area (Å²) < 4.78 is 5.99. The molecule has 0 N–H and O–H groups in total. The van der Waals surface area contributed by atoms with Gasteiger partial charge < -0.3 is 4.74 Å². The molecule has 0 unspecified atom stereocenters. The third kappa shape index (κ3) is 3.59. The van der Waals surface area contributed by atoms with E-state index in [0.717, 1.165) is 17.9 Å². The van der Waals surface area contributed by atoms with Gasteiger partial charge >= 0.3 is 0 Å². The van der Waals surface area contributed by atoms with Crippen molar-refractivity contribution >= 4 is 13.2 Å². The number of rotatable bonds is 5. The van der Waals surface area contributed by atoms with Crippen LogP contribution >= 0.6 is 7.92 Å². The molecule has 0 bridgehead atoms. The van der Waals surface area contributed by atoms with Gasteiger partial charge in [-0.05, 0) is 40.6 Å². The lowest BCUT2D eigenvalue weighted by molar-refractivity contribution is 0.108. The second-order valence-corrected chi connectivity index (χ2v) is 9.35. The molecular weight excluding hydrogens is 287 g/mol. The molecule has 0 saturated carbocycles. The van der Waals surface area contributed by atoms with Crippen LogP contribution in [0.5, 0.6) is 0 Å². The first-order valence-corrected chi connectivity index (χ1v) is 9.71. The van der Waals surface area contributed by atoms with Crippen molar-refractivity contribution in [2.75, 3.05) is 0 Å². The van der Waals surface area contributed by atoms with Gasteiger partial charge in [-0.15, -0.1) is 0 Å². The molecule has 2 atom stereocenters. The monoisotopic (exact) mass is 312 g/mol. The van der Waals surface area contributed by atoms with Crippen molar-refractivity contribution < 1.29 is 4.74 Å². The zero-order valence-electron chi connectivity index (χ0n) is 13.5. The maximum atomic E-state index is 5.99. The Kier molecular flexibility index (Phi) is 5.28. The van der Waals surface area contributed by atoms with Crippen LogP contribution in [-0.4, -0.2) is 11.3 Å². The quantitative estimate of drug-likeness (QED) is 0.699. The molecule has 0 aliphatic carbocycles. The highest BCUT2D eigenvalue weighted by molar-refractivity contribution is 7.67. The van der Waals surface area contributed by atoms with Gasteiger partial charge in [0.05, 0.1) is 13.2 Å². The van der Waals surface area contributed by atoms with Crippen LogP contribution in [0, 0.1) is 0 Å². The van der Waals surface area contributed by atoms with Crippen LogP contribution < -0.4 is 5.30 Å². The minimum Gasteiger partial charge on any atom is -0.372 e. The van der Waals surface area contributed by atoms with Crippen LogP contribution in [0.1, 0.15) is 37.8 Å². The summed E-state index contributed by atoms with van der Waals surface area (Å²) in [4.78, 5) is 0. The largest absolute Gasteiger partial charge is 0.372 e. The van der Waals surface area contributed by atoms with Gasteiger partial charge in [0.15, 0.2) is 0 Å². The summed E-state index contributed by atoms with van der Waals surface area (Å²) in [7, 11) is -0.0343. The van der Waals surface area contributed by atoms with E-state index in [4.69, 9.17) is 4.74 Å². The molecule has 1 aliphatic rings. The summed E-state index contributed by atoms with van der Waals surface area (Å²) in [5, 5.41) is 1.57. The van der Waals surface area contributed by atoms with Crippen LogP contribution in [0.2, 0.25) is 0 Å². The Morgan fingerprint density at radius 1 is 0.864 bits per heavy atom. The van der Waals surface area contributed by atoms with Gasteiger partial charge in [0, 0.05) is 0 Å². The van der Waals surface area contributed by atoms with Crippen molar-refractivity contribution in [3.05, 3.63) is 65.7 Å². The average molecular weight is 312 g/mol. The highest BCUT2D eigenvalue weighted by atomic mass is 31.1. The molecule has 3 rings (SSSR count). The molecule has 0 aromatic heterocycles. The topological polar surface area (TPSA) is 9.23 Å².